The number of rotatable bonds is 3. The first-order valence-corrected chi connectivity index (χ1v) is 5.73. The van der Waals surface area contributed by atoms with Crippen molar-refractivity contribution in [2.24, 2.45) is 0 Å². The minimum atomic E-state index is -0.346. The summed E-state index contributed by atoms with van der Waals surface area (Å²) in [6.07, 6.45) is 0. The fraction of sp³-hybridized carbons (Fsp3) is 0.308. The van der Waals surface area contributed by atoms with Crippen molar-refractivity contribution in [1.29, 1.82) is 0 Å². The number of aromatic amines is 1. The molecule has 0 saturated carbocycles. The zero-order chi connectivity index (χ0) is 13.3. The Labute approximate surface area is 105 Å². The van der Waals surface area contributed by atoms with Crippen LogP contribution in [0.15, 0.2) is 29.1 Å². The second kappa shape index (κ2) is 4.60. The fourth-order valence-corrected chi connectivity index (χ4v) is 1.82. The van der Waals surface area contributed by atoms with Crippen LogP contribution >= 0.6 is 0 Å². The van der Waals surface area contributed by atoms with Gasteiger partial charge in [0.25, 0.3) is 0 Å². The number of H-pyrrole nitrogens is 1. The molecule has 5 nitrogen and oxygen atoms in total. The minimum absolute atomic E-state index is 0.0415. The lowest BCUT2D eigenvalue weighted by atomic mass is 10.1. The lowest BCUT2D eigenvalue weighted by Crippen LogP contribution is -2.14. The lowest BCUT2D eigenvalue weighted by molar-refractivity contribution is 0.414. The van der Waals surface area contributed by atoms with Crippen molar-refractivity contribution in [3.63, 3.8) is 0 Å². The van der Waals surface area contributed by atoms with Gasteiger partial charge in [-0.2, -0.15) is 0 Å². The van der Waals surface area contributed by atoms with E-state index in [9.17, 15) is 9.90 Å². The second-order valence-corrected chi connectivity index (χ2v) is 4.36. The molecule has 0 fully saturated rings. The van der Waals surface area contributed by atoms with E-state index < -0.39 is 0 Å². The first-order chi connectivity index (χ1) is 8.54. The van der Waals surface area contributed by atoms with Gasteiger partial charge in [-0.1, -0.05) is 13.8 Å². The van der Waals surface area contributed by atoms with Crippen molar-refractivity contribution in [3.05, 3.63) is 40.4 Å². The summed E-state index contributed by atoms with van der Waals surface area (Å²) >= 11 is 0. The zero-order valence-corrected chi connectivity index (χ0v) is 10.6. The van der Waals surface area contributed by atoms with Crippen LogP contribution in [0.4, 0.5) is 0 Å². The molecule has 1 heterocycles. The van der Waals surface area contributed by atoms with Crippen LogP contribution in [0.3, 0.4) is 0 Å². The highest BCUT2D eigenvalue weighted by molar-refractivity contribution is 5.41. The number of imidazole rings is 1. The number of hydrogen-bond acceptors (Lipinski definition) is 3. The van der Waals surface area contributed by atoms with Gasteiger partial charge in [-0.05, 0) is 30.2 Å². The molecule has 1 aromatic carbocycles. The van der Waals surface area contributed by atoms with Gasteiger partial charge in [0.2, 0.25) is 5.88 Å². The highest BCUT2D eigenvalue weighted by atomic mass is 16.5. The number of aromatic hydroxyl groups is 1. The third-order valence-corrected chi connectivity index (χ3v) is 2.81. The highest BCUT2D eigenvalue weighted by Gasteiger charge is 2.16. The van der Waals surface area contributed by atoms with Crippen LogP contribution in [0, 0.1) is 0 Å². The summed E-state index contributed by atoms with van der Waals surface area (Å²) in [7, 11) is 1.58. The Kier molecular flexibility index (Phi) is 3.14. The average molecular weight is 248 g/mol. The molecule has 0 amide bonds. The van der Waals surface area contributed by atoms with Crippen LogP contribution in [0.25, 0.3) is 5.69 Å². The van der Waals surface area contributed by atoms with Crippen molar-refractivity contribution in [1.82, 2.24) is 9.55 Å². The molecule has 0 aliphatic heterocycles. The molecule has 5 heteroatoms. The van der Waals surface area contributed by atoms with Crippen molar-refractivity contribution in [2.45, 2.75) is 19.8 Å². The standard InChI is InChI=1S/C13H16N2O3/c1-8(2)11-12(16)15(13(17)14-11)9-4-6-10(18-3)7-5-9/h4-8,16H,1-3H3,(H,14,17). The van der Waals surface area contributed by atoms with Crippen molar-refractivity contribution in [3.8, 4) is 17.3 Å². The quantitative estimate of drug-likeness (QED) is 0.873. The molecular formula is C13H16N2O3. The Morgan fingerprint density at radius 3 is 2.33 bits per heavy atom. The normalized spacial score (nSPS) is 10.9. The number of hydrogen-bond donors (Lipinski definition) is 2. The van der Waals surface area contributed by atoms with E-state index >= 15 is 0 Å². The van der Waals surface area contributed by atoms with Gasteiger partial charge in [0, 0.05) is 0 Å². The summed E-state index contributed by atoms with van der Waals surface area (Å²) in [4.78, 5) is 14.5. The van der Waals surface area contributed by atoms with Crippen LogP contribution in [-0.2, 0) is 0 Å². The Balaban J connectivity index is 2.53. The molecule has 2 aromatic rings. The fourth-order valence-electron chi connectivity index (χ4n) is 1.82. The minimum Gasteiger partial charge on any atom is -0.497 e. The first-order valence-electron chi connectivity index (χ1n) is 5.73. The van der Waals surface area contributed by atoms with E-state index in [0.717, 1.165) is 0 Å². The molecule has 0 unspecified atom stereocenters. The van der Waals surface area contributed by atoms with Gasteiger partial charge in [-0.25, -0.2) is 9.36 Å². The third-order valence-electron chi connectivity index (χ3n) is 2.81. The zero-order valence-electron chi connectivity index (χ0n) is 10.6. The van der Waals surface area contributed by atoms with E-state index in [2.05, 4.69) is 4.98 Å². The molecule has 0 radical (unpaired) electrons. The second-order valence-electron chi connectivity index (χ2n) is 4.36. The van der Waals surface area contributed by atoms with E-state index in [-0.39, 0.29) is 17.5 Å². The van der Waals surface area contributed by atoms with Crippen LogP contribution in [0.5, 0.6) is 11.6 Å². The van der Waals surface area contributed by atoms with Gasteiger partial charge in [-0.15, -0.1) is 0 Å². The summed E-state index contributed by atoms with van der Waals surface area (Å²) < 4.78 is 6.30. The van der Waals surface area contributed by atoms with Crippen molar-refractivity contribution >= 4 is 0 Å². The van der Waals surface area contributed by atoms with Crippen LogP contribution < -0.4 is 10.4 Å². The van der Waals surface area contributed by atoms with Gasteiger partial charge < -0.3 is 14.8 Å². The number of benzene rings is 1. The van der Waals surface area contributed by atoms with Gasteiger partial charge >= 0.3 is 5.69 Å². The molecule has 96 valence electrons. The molecule has 2 N–H and O–H groups in total. The van der Waals surface area contributed by atoms with Crippen LogP contribution in [-0.4, -0.2) is 21.8 Å². The monoisotopic (exact) mass is 248 g/mol. The van der Waals surface area contributed by atoms with Crippen LogP contribution in [0.2, 0.25) is 0 Å². The van der Waals surface area contributed by atoms with Crippen molar-refractivity contribution < 1.29 is 9.84 Å². The molecule has 0 saturated heterocycles. The number of methoxy groups -OCH3 is 1. The lowest BCUT2D eigenvalue weighted by Gasteiger charge is -2.06. The molecule has 2 rings (SSSR count). The Hall–Kier alpha value is -2.17. The van der Waals surface area contributed by atoms with Crippen LogP contribution in [0.1, 0.15) is 25.5 Å². The summed E-state index contributed by atoms with van der Waals surface area (Å²) in [6, 6.07) is 6.92. The van der Waals surface area contributed by atoms with Gasteiger partial charge in [0.15, 0.2) is 0 Å². The largest absolute Gasteiger partial charge is 0.497 e. The summed E-state index contributed by atoms with van der Waals surface area (Å²) in [5, 5.41) is 10.1. The maximum atomic E-state index is 11.8. The van der Waals surface area contributed by atoms with E-state index in [0.29, 0.717) is 17.1 Å². The molecule has 0 bridgehead atoms. The maximum Gasteiger partial charge on any atom is 0.333 e. The summed E-state index contributed by atoms with van der Waals surface area (Å²) in [5.41, 5.74) is 0.790. The predicted molar refractivity (Wildman–Crippen MR) is 68.7 cm³/mol. The maximum absolute atomic E-state index is 11.8. The Morgan fingerprint density at radius 2 is 1.89 bits per heavy atom. The van der Waals surface area contributed by atoms with Gasteiger partial charge in [0.05, 0.1) is 18.5 Å². The number of aromatic nitrogens is 2. The van der Waals surface area contributed by atoms with Gasteiger partial charge in [-0.3, -0.25) is 0 Å². The number of nitrogens with zero attached hydrogens (tertiary/aromatic N) is 1. The topological polar surface area (TPSA) is 67.2 Å². The smallest absolute Gasteiger partial charge is 0.333 e. The molecule has 0 atom stereocenters. The van der Waals surface area contributed by atoms with E-state index in [1.54, 1.807) is 31.4 Å². The van der Waals surface area contributed by atoms with E-state index in [4.69, 9.17) is 4.74 Å². The van der Waals surface area contributed by atoms with Crippen molar-refractivity contribution in [2.75, 3.05) is 7.11 Å². The molecule has 0 aliphatic carbocycles. The van der Waals surface area contributed by atoms with E-state index in [1.807, 2.05) is 13.8 Å². The number of nitrogens with one attached hydrogen (secondary N) is 1. The summed E-state index contributed by atoms with van der Waals surface area (Å²) in [6.45, 7) is 3.81. The number of ether oxygens (including phenoxy) is 1. The molecule has 1 aromatic heterocycles. The summed E-state index contributed by atoms with van der Waals surface area (Å²) in [5.74, 6) is 0.711. The Bertz CT molecular complexity index is 594. The Morgan fingerprint density at radius 1 is 1.28 bits per heavy atom. The predicted octanol–water partition coefficient (Wildman–Crippen LogP) is 2.00. The van der Waals surface area contributed by atoms with E-state index in [1.165, 1.54) is 4.57 Å². The SMILES string of the molecule is COc1ccc(-n2c(O)c(C(C)C)[nH]c2=O)cc1. The molecular weight excluding hydrogens is 232 g/mol. The highest BCUT2D eigenvalue weighted by Crippen LogP contribution is 2.25. The first kappa shape index (κ1) is 12.3. The molecule has 0 aliphatic rings. The van der Waals surface area contributed by atoms with Gasteiger partial charge in [0.1, 0.15) is 5.75 Å². The molecule has 18 heavy (non-hydrogen) atoms. The third kappa shape index (κ3) is 1.99. The average Bonchev–Trinajstić information content (AvgIpc) is 2.65. The molecule has 0 spiro atoms.